The first-order valence-electron chi connectivity index (χ1n) is 9.73. The van der Waals surface area contributed by atoms with Crippen molar-refractivity contribution in [2.45, 2.75) is 32.6 Å². The summed E-state index contributed by atoms with van der Waals surface area (Å²) >= 11 is 0. The quantitative estimate of drug-likeness (QED) is 0.706. The summed E-state index contributed by atoms with van der Waals surface area (Å²) in [5.41, 5.74) is 14.0. The lowest BCUT2D eigenvalue weighted by Gasteiger charge is -2.33. The van der Waals surface area contributed by atoms with Crippen LogP contribution in [0, 0.1) is 0 Å². The summed E-state index contributed by atoms with van der Waals surface area (Å²) in [6.07, 6.45) is 4.06. The Morgan fingerprint density at radius 1 is 1.19 bits per heavy atom. The van der Waals surface area contributed by atoms with Crippen molar-refractivity contribution >= 4 is 24.0 Å². The number of amides is 1. The van der Waals surface area contributed by atoms with Gasteiger partial charge in [0.25, 0.3) is 5.91 Å². The van der Waals surface area contributed by atoms with Gasteiger partial charge in [-0.25, -0.2) is 0 Å². The molecule has 0 saturated carbocycles. The van der Waals surface area contributed by atoms with Crippen molar-refractivity contribution in [3.8, 4) is 11.1 Å². The van der Waals surface area contributed by atoms with Gasteiger partial charge in [-0.15, -0.1) is 12.4 Å². The summed E-state index contributed by atoms with van der Waals surface area (Å²) < 4.78 is 0. The van der Waals surface area contributed by atoms with E-state index in [1.165, 1.54) is 22.3 Å². The summed E-state index contributed by atoms with van der Waals surface area (Å²) in [5.74, 6) is -0.291. The number of anilines is 1. The normalized spacial score (nSPS) is 15.1. The second-order valence-corrected chi connectivity index (χ2v) is 7.32. The molecule has 2 aromatic rings. The van der Waals surface area contributed by atoms with Crippen molar-refractivity contribution < 1.29 is 4.79 Å². The molecule has 1 aliphatic carbocycles. The zero-order chi connectivity index (χ0) is 18.1. The molecule has 0 bridgehead atoms. The number of primary amides is 1. The lowest BCUT2D eigenvalue weighted by molar-refractivity contribution is 0.1000. The van der Waals surface area contributed by atoms with Gasteiger partial charge in [-0.05, 0) is 53.1 Å². The van der Waals surface area contributed by atoms with E-state index in [-0.39, 0.29) is 18.3 Å². The fourth-order valence-corrected chi connectivity index (χ4v) is 4.39. The fourth-order valence-electron chi connectivity index (χ4n) is 4.39. The molecule has 1 fully saturated rings. The van der Waals surface area contributed by atoms with E-state index in [4.69, 9.17) is 5.73 Å². The SMILES string of the molecule is CCCCc1cc2c(c(C(N)=O)c1N1CCNCC1)Cc1ccccc1-2.Cl. The van der Waals surface area contributed by atoms with Crippen molar-refractivity contribution in [1.29, 1.82) is 0 Å². The maximum absolute atomic E-state index is 12.6. The highest BCUT2D eigenvalue weighted by Gasteiger charge is 2.30. The van der Waals surface area contributed by atoms with Gasteiger partial charge in [0.2, 0.25) is 0 Å². The molecule has 144 valence electrons. The molecule has 1 saturated heterocycles. The summed E-state index contributed by atoms with van der Waals surface area (Å²) in [4.78, 5) is 14.9. The van der Waals surface area contributed by atoms with Crippen LogP contribution >= 0.6 is 12.4 Å². The Balaban J connectivity index is 0.00000210. The van der Waals surface area contributed by atoms with Crippen molar-refractivity contribution in [2.24, 2.45) is 5.73 Å². The first-order valence-corrected chi connectivity index (χ1v) is 9.73. The van der Waals surface area contributed by atoms with Gasteiger partial charge in [-0.2, -0.15) is 0 Å². The molecule has 0 atom stereocenters. The van der Waals surface area contributed by atoms with E-state index in [2.05, 4.69) is 47.5 Å². The minimum Gasteiger partial charge on any atom is -0.368 e. The van der Waals surface area contributed by atoms with Gasteiger partial charge in [0.15, 0.2) is 0 Å². The number of hydrogen-bond donors (Lipinski definition) is 2. The molecular formula is C22H28ClN3O. The standard InChI is InChI=1S/C22H27N3O.ClH/c1-2-3-6-16-14-18-17-8-5-4-7-15(17)13-19(18)20(22(23)26)21(16)25-11-9-24-10-12-25;/h4-5,7-8,14,24H,2-3,6,9-13H2,1H3,(H2,23,26);1H. The molecule has 2 aliphatic rings. The second-order valence-electron chi connectivity index (χ2n) is 7.32. The molecule has 1 amide bonds. The summed E-state index contributed by atoms with van der Waals surface area (Å²) in [5, 5.41) is 3.40. The maximum Gasteiger partial charge on any atom is 0.251 e. The molecule has 0 radical (unpaired) electrons. The third-order valence-electron chi connectivity index (χ3n) is 5.64. The predicted octanol–water partition coefficient (Wildman–Crippen LogP) is 3.53. The molecule has 0 unspecified atom stereocenters. The Kier molecular flexibility index (Phi) is 6.08. The zero-order valence-corrected chi connectivity index (χ0v) is 16.7. The summed E-state index contributed by atoms with van der Waals surface area (Å²) in [6, 6.07) is 10.8. The van der Waals surface area contributed by atoms with Crippen LogP contribution in [0.25, 0.3) is 11.1 Å². The average Bonchev–Trinajstić information content (AvgIpc) is 3.03. The molecule has 0 aromatic heterocycles. The molecule has 3 N–H and O–H groups in total. The maximum atomic E-state index is 12.6. The molecule has 1 aliphatic heterocycles. The van der Waals surface area contributed by atoms with E-state index in [1.54, 1.807) is 0 Å². The molecule has 5 heteroatoms. The Labute approximate surface area is 167 Å². The van der Waals surface area contributed by atoms with Crippen LogP contribution in [0.5, 0.6) is 0 Å². The van der Waals surface area contributed by atoms with Gasteiger partial charge < -0.3 is 16.0 Å². The second kappa shape index (κ2) is 8.32. The number of carbonyl (C=O) groups excluding carboxylic acids is 1. The Bertz CT molecular complexity index is 844. The Morgan fingerprint density at radius 3 is 2.63 bits per heavy atom. The number of benzene rings is 2. The number of unbranched alkanes of at least 4 members (excludes halogenated alkanes) is 1. The van der Waals surface area contributed by atoms with Gasteiger partial charge >= 0.3 is 0 Å². The van der Waals surface area contributed by atoms with E-state index < -0.39 is 0 Å². The number of piperazine rings is 1. The smallest absolute Gasteiger partial charge is 0.251 e. The molecule has 0 spiro atoms. The van der Waals surface area contributed by atoms with Crippen LogP contribution < -0.4 is 16.0 Å². The largest absolute Gasteiger partial charge is 0.368 e. The number of fused-ring (bicyclic) bond motifs is 3. The van der Waals surface area contributed by atoms with Crippen LogP contribution in [0.1, 0.15) is 46.8 Å². The number of carbonyl (C=O) groups is 1. The number of aryl methyl sites for hydroxylation is 1. The molecular weight excluding hydrogens is 358 g/mol. The lowest BCUT2D eigenvalue weighted by atomic mass is 9.91. The van der Waals surface area contributed by atoms with Crippen molar-refractivity contribution in [1.82, 2.24) is 5.32 Å². The number of halogens is 1. The third kappa shape index (κ3) is 3.56. The van der Waals surface area contributed by atoms with Crippen LogP contribution in [0.3, 0.4) is 0 Å². The van der Waals surface area contributed by atoms with E-state index in [1.807, 2.05) is 0 Å². The van der Waals surface area contributed by atoms with Crippen LogP contribution in [-0.2, 0) is 12.8 Å². The highest BCUT2D eigenvalue weighted by molar-refractivity contribution is 6.04. The van der Waals surface area contributed by atoms with Crippen LogP contribution in [-0.4, -0.2) is 32.1 Å². The summed E-state index contributed by atoms with van der Waals surface area (Å²) in [7, 11) is 0. The van der Waals surface area contributed by atoms with E-state index in [0.29, 0.717) is 0 Å². The van der Waals surface area contributed by atoms with Crippen molar-refractivity contribution in [3.05, 3.63) is 52.6 Å². The topological polar surface area (TPSA) is 58.4 Å². The number of nitrogens with two attached hydrogens (primary N) is 1. The minimum atomic E-state index is -0.291. The molecule has 2 aromatic carbocycles. The zero-order valence-electron chi connectivity index (χ0n) is 15.9. The number of hydrogen-bond acceptors (Lipinski definition) is 3. The molecule has 4 rings (SSSR count). The van der Waals surface area contributed by atoms with Crippen LogP contribution in [0.15, 0.2) is 30.3 Å². The van der Waals surface area contributed by atoms with Gasteiger partial charge in [0.05, 0.1) is 11.3 Å². The van der Waals surface area contributed by atoms with Gasteiger partial charge in [0.1, 0.15) is 0 Å². The van der Waals surface area contributed by atoms with Crippen molar-refractivity contribution in [2.75, 3.05) is 31.1 Å². The molecule has 1 heterocycles. The van der Waals surface area contributed by atoms with Gasteiger partial charge in [-0.1, -0.05) is 37.6 Å². The average molecular weight is 386 g/mol. The number of nitrogens with zero attached hydrogens (tertiary/aromatic N) is 1. The monoisotopic (exact) mass is 385 g/mol. The van der Waals surface area contributed by atoms with Gasteiger partial charge in [0, 0.05) is 26.2 Å². The van der Waals surface area contributed by atoms with E-state index >= 15 is 0 Å². The fraction of sp³-hybridized carbons (Fsp3) is 0.409. The highest BCUT2D eigenvalue weighted by Crippen LogP contribution is 2.43. The predicted molar refractivity (Wildman–Crippen MR) is 114 cm³/mol. The van der Waals surface area contributed by atoms with Crippen molar-refractivity contribution in [3.63, 3.8) is 0 Å². The third-order valence-corrected chi connectivity index (χ3v) is 5.64. The highest BCUT2D eigenvalue weighted by atomic mass is 35.5. The van der Waals surface area contributed by atoms with E-state index in [0.717, 1.165) is 68.7 Å². The first-order chi connectivity index (χ1) is 12.7. The number of nitrogens with one attached hydrogen (secondary N) is 1. The molecule has 27 heavy (non-hydrogen) atoms. The lowest BCUT2D eigenvalue weighted by Crippen LogP contribution is -2.44. The van der Waals surface area contributed by atoms with Gasteiger partial charge in [-0.3, -0.25) is 4.79 Å². The first kappa shape index (κ1) is 19.7. The minimum absolute atomic E-state index is 0. The van der Waals surface area contributed by atoms with Crippen LogP contribution in [0.2, 0.25) is 0 Å². The van der Waals surface area contributed by atoms with E-state index in [9.17, 15) is 4.79 Å². The van der Waals surface area contributed by atoms with Crippen LogP contribution in [0.4, 0.5) is 5.69 Å². The Morgan fingerprint density at radius 2 is 1.93 bits per heavy atom. The Hall–Kier alpha value is -2.04. The molecule has 4 nitrogen and oxygen atoms in total. The number of rotatable bonds is 5. The summed E-state index contributed by atoms with van der Waals surface area (Å²) in [6.45, 7) is 5.95.